The maximum Gasteiger partial charge on any atom is 0.161 e. The van der Waals surface area contributed by atoms with E-state index in [2.05, 4.69) is 17.2 Å². The second kappa shape index (κ2) is 5.31. The molecule has 3 rings (SSSR count). The molecule has 1 aromatic heterocycles. The fraction of sp³-hybridized carbons (Fsp3) is 0.571. The van der Waals surface area contributed by atoms with Crippen molar-refractivity contribution in [2.24, 2.45) is 10.9 Å². The van der Waals surface area contributed by atoms with Gasteiger partial charge in [-0.3, -0.25) is 9.98 Å². The molecule has 4 heteroatoms. The van der Waals surface area contributed by atoms with Gasteiger partial charge in [-0.1, -0.05) is 24.6 Å². The van der Waals surface area contributed by atoms with E-state index < -0.39 is 0 Å². The van der Waals surface area contributed by atoms with Crippen LogP contribution in [0.5, 0.6) is 0 Å². The van der Waals surface area contributed by atoms with Crippen molar-refractivity contribution < 1.29 is 0 Å². The van der Waals surface area contributed by atoms with Gasteiger partial charge in [0.1, 0.15) is 0 Å². The summed E-state index contributed by atoms with van der Waals surface area (Å²) in [6.07, 6.45) is 9.07. The lowest BCUT2D eigenvalue weighted by Crippen LogP contribution is -2.31. The third kappa shape index (κ3) is 2.53. The van der Waals surface area contributed by atoms with E-state index in [-0.39, 0.29) is 0 Å². The van der Waals surface area contributed by atoms with Crippen LogP contribution in [0.3, 0.4) is 0 Å². The largest absolute Gasteiger partial charge is 0.333 e. The van der Waals surface area contributed by atoms with Crippen LogP contribution in [0.15, 0.2) is 23.5 Å². The van der Waals surface area contributed by atoms with Gasteiger partial charge in [0, 0.05) is 11.9 Å². The Morgan fingerprint density at radius 2 is 2.22 bits per heavy atom. The van der Waals surface area contributed by atoms with E-state index in [1.807, 2.05) is 30.2 Å². The summed E-state index contributed by atoms with van der Waals surface area (Å²) in [5, 5.41) is 4.51. The number of aromatic nitrogens is 1. The number of thioether (sulfide) groups is 1. The van der Waals surface area contributed by atoms with Gasteiger partial charge in [-0.05, 0) is 37.3 Å². The van der Waals surface area contributed by atoms with Crippen LogP contribution in [0.2, 0.25) is 0 Å². The lowest BCUT2D eigenvalue weighted by molar-refractivity contribution is 0.336. The van der Waals surface area contributed by atoms with Crippen molar-refractivity contribution in [3.05, 3.63) is 24.0 Å². The molecule has 18 heavy (non-hydrogen) atoms. The van der Waals surface area contributed by atoms with Gasteiger partial charge in [0.2, 0.25) is 0 Å². The highest BCUT2D eigenvalue weighted by molar-refractivity contribution is 8.14. The van der Waals surface area contributed by atoms with Crippen molar-refractivity contribution in [2.45, 2.75) is 38.6 Å². The van der Waals surface area contributed by atoms with E-state index in [0.717, 1.165) is 16.8 Å². The summed E-state index contributed by atoms with van der Waals surface area (Å²) in [5.74, 6) is 2.03. The van der Waals surface area contributed by atoms with Gasteiger partial charge < -0.3 is 5.32 Å². The molecule has 1 aromatic rings. The summed E-state index contributed by atoms with van der Waals surface area (Å²) in [6.45, 7) is 2.10. The van der Waals surface area contributed by atoms with Crippen molar-refractivity contribution in [1.82, 2.24) is 4.98 Å². The molecule has 0 saturated heterocycles. The number of amidine groups is 1. The van der Waals surface area contributed by atoms with E-state index >= 15 is 0 Å². The quantitative estimate of drug-likeness (QED) is 0.841. The SMILES string of the molecule is Cc1ccncc1NC1=NC2CCCCC2CS1. The molecule has 0 bridgehead atoms. The summed E-state index contributed by atoms with van der Waals surface area (Å²) >= 11 is 1.86. The highest BCUT2D eigenvalue weighted by Crippen LogP contribution is 2.34. The molecular weight excluding hydrogens is 242 g/mol. The lowest BCUT2D eigenvalue weighted by atomic mass is 9.86. The number of hydrogen-bond acceptors (Lipinski definition) is 4. The predicted octanol–water partition coefficient (Wildman–Crippen LogP) is 3.46. The summed E-state index contributed by atoms with van der Waals surface area (Å²) in [7, 11) is 0. The zero-order chi connectivity index (χ0) is 12.4. The number of pyridine rings is 1. The van der Waals surface area contributed by atoms with Crippen LogP contribution in [0, 0.1) is 12.8 Å². The maximum absolute atomic E-state index is 4.88. The van der Waals surface area contributed by atoms with E-state index in [1.54, 1.807) is 0 Å². The molecule has 1 saturated carbocycles. The van der Waals surface area contributed by atoms with Crippen LogP contribution in [-0.4, -0.2) is 21.9 Å². The smallest absolute Gasteiger partial charge is 0.161 e. The molecule has 1 N–H and O–H groups in total. The molecule has 96 valence electrons. The molecule has 0 radical (unpaired) electrons. The first-order valence-corrected chi connectivity index (χ1v) is 7.70. The molecule has 0 amide bonds. The van der Waals surface area contributed by atoms with Crippen LogP contribution >= 0.6 is 11.8 Å². The Morgan fingerprint density at radius 1 is 1.33 bits per heavy atom. The van der Waals surface area contributed by atoms with E-state index in [1.165, 1.54) is 37.0 Å². The predicted molar refractivity (Wildman–Crippen MR) is 78.2 cm³/mol. The molecule has 2 heterocycles. The zero-order valence-electron chi connectivity index (χ0n) is 10.7. The highest BCUT2D eigenvalue weighted by atomic mass is 32.2. The third-order valence-corrected chi connectivity index (χ3v) is 4.94. The van der Waals surface area contributed by atoms with E-state index in [9.17, 15) is 0 Å². The van der Waals surface area contributed by atoms with Crippen molar-refractivity contribution in [1.29, 1.82) is 0 Å². The average Bonchev–Trinajstić information content (AvgIpc) is 2.41. The number of nitrogens with one attached hydrogen (secondary N) is 1. The van der Waals surface area contributed by atoms with E-state index in [4.69, 9.17) is 4.99 Å². The van der Waals surface area contributed by atoms with Crippen molar-refractivity contribution >= 4 is 22.6 Å². The molecule has 2 aliphatic rings. The first-order chi connectivity index (χ1) is 8.83. The summed E-state index contributed by atoms with van der Waals surface area (Å²) in [4.78, 5) is 9.05. The van der Waals surface area contributed by atoms with Gasteiger partial charge in [-0.15, -0.1) is 0 Å². The standard InChI is InChI=1S/C14H19N3S/c1-10-6-7-15-8-13(10)17-14-16-12-5-3-2-4-11(12)9-18-14/h6-8,11-12H,2-5,9H2,1H3,(H,16,17). The molecule has 0 aromatic carbocycles. The monoisotopic (exact) mass is 261 g/mol. The van der Waals surface area contributed by atoms with Crippen LogP contribution in [0.25, 0.3) is 0 Å². The number of anilines is 1. The molecular formula is C14H19N3S. The minimum absolute atomic E-state index is 0.555. The number of aliphatic imine (C=N–C) groups is 1. The van der Waals surface area contributed by atoms with Gasteiger partial charge in [0.05, 0.1) is 17.9 Å². The Bertz CT molecular complexity index is 458. The first-order valence-electron chi connectivity index (χ1n) is 6.71. The molecule has 2 atom stereocenters. The van der Waals surface area contributed by atoms with Crippen LogP contribution in [0.4, 0.5) is 5.69 Å². The maximum atomic E-state index is 4.88. The number of hydrogen-bond donors (Lipinski definition) is 1. The van der Waals surface area contributed by atoms with Gasteiger partial charge >= 0.3 is 0 Å². The number of rotatable bonds is 1. The number of nitrogens with zero attached hydrogens (tertiary/aromatic N) is 2. The molecule has 1 aliphatic heterocycles. The number of aryl methyl sites for hydroxylation is 1. The minimum Gasteiger partial charge on any atom is -0.333 e. The molecule has 1 aliphatic carbocycles. The van der Waals surface area contributed by atoms with Crippen molar-refractivity contribution in [2.75, 3.05) is 11.1 Å². The highest BCUT2D eigenvalue weighted by Gasteiger charge is 2.29. The van der Waals surface area contributed by atoms with Gasteiger partial charge in [0.25, 0.3) is 0 Å². The Kier molecular flexibility index (Phi) is 3.55. The van der Waals surface area contributed by atoms with Crippen LogP contribution in [0.1, 0.15) is 31.2 Å². The molecule has 0 spiro atoms. The first kappa shape index (κ1) is 12.0. The Morgan fingerprint density at radius 3 is 3.11 bits per heavy atom. The summed E-state index contributed by atoms with van der Waals surface area (Å²) in [5.41, 5.74) is 2.30. The fourth-order valence-corrected chi connectivity index (χ4v) is 3.86. The van der Waals surface area contributed by atoms with Gasteiger partial charge in [0.15, 0.2) is 5.17 Å². The van der Waals surface area contributed by atoms with Crippen LogP contribution < -0.4 is 5.32 Å². The van der Waals surface area contributed by atoms with Crippen molar-refractivity contribution in [3.63, 3.8) is 0 Å². The van der Waals surface area contributed by atoms with Crippen LogP contribution in [-0.2, 0) is 0 Å². The zero-order valence-corrected chi connectivity index (χ0v) is 11.5. The second-order valence-electron chi connectivity index (χ2n) is 5.17. The molecule has 1 fully saturated rings. The Balaban J connectivity index is 1.73. The van der Waals surface area contributed by atoms with Gasteiger partial charge in [-0.25, -0.2) is 0 Å². The third-order valence-electron chi connectivity index (χ3n) is 3.87. The Labute approximate surface area is 112 Å². The fourth-order valence-electron chi connectivity index (χ4n) is 2.70. The number of fused-ring (bicyclic) bond motifs is 1. The molecule has 3 nitrogen and oxygen atoms in total. The average molecular weight is 261 g/mol. The normalized spacial score (nSPS) is 27.3. The Hall–Kier alpha value is -1.03. The summed E-state index contributed by atoms with van der Waals surface area (Å²) in [6, 6.07) is 2.58. The minimum atomic E-state index is 0.555. The molecule has 2 unspecified atom stereocenters. The lowest BCUT2D eigenvalue weighted by Gasteiger charge is -2.32. The van der Waals surface area contributed by atoms with Gasteiger partial charge in [-0.2, -0.15) is 0 Å². The second-order valence-corrected chi connectivity index (χ2v) is 6.18. The topological polar surface area (TPSA) is 37.3 Å². The summed E-state index contributed by atoms with van der Waals surface area (Å²) < 4.78 is 0. The van der Waals surface area contributed by atoms with Crippen molar-refractivity contribution in [3.8, 4) is 0 Å². The van der Waals surface area contributed by atoms with E-state index in [0.29, 0.717) is 6.04 Å².